The van der Waals surface area contributed by atoms with Gasteiger partial charge >= 0.3 is 0 Å². The van der Waals surface area contributed by atoms with E-state index in [2.05, 4.69) is 27.2 Å². The molecule has 186 valence electrons. The molecule has 9 heteroatoms. The van der Waals surface area contributed by atoms with Crippen LogP contribution in [0.2, 0.25) is 0 Å². The molecule has 1 aliphatic heterocycles. The van der Waals surface area contributed by atoms with Crippen LogP contribution in [0.25, 0.3) is 11.0 Å². The fourth-order valence-corrected chi connectivity index (χ4v) is 4.47. The Hall–Kier alpha value is -3.98. The van der Waals surface area contributed by atoms with E-state index in [9.17, 15) is 9.18 Å². The van der Waals surface area contributed by atoms with Gasteiger partial charge in [0.25, 0.3) is 5.91 Å². The zero-order valence-electron chi connectivity index (χ0n) is 20.6. The van der Waals surface area contributed by atoms with Gasteiger partial charge in [0.15, 0.2) is 0 Å². The summed E-state index contributed by atoms with van der Waals surface area (Å²) in [5.41, 5.74) is 2.76. The van der Waals surface area contributed by atoms with Crippen LogP contribution in [0.5, 0.6) is 11.5 Å². The molecular weight excluding hydrogens is 459 g/mol. The smallest absolute Gasteiger partial charge is 0.272 e. The van der Waals surface area contributed by atoms with Crippen molar-refractivity contribution in [2.75, 3.05) is 32.5 Å². The van der Waals surface area contributed by atoms with Crippen molar-refractivity contribution in [1.82, 2.24) is 24.3 Å². The molecule has 1 fully saturated rings. The zero-order valence-corrected chi connectivity index (χ0v) is 20.6. The number of halogens is 1. The molecule has 0 atom stereocenters. The number of piperidine rings is 1. The topological polar surface area (TPSA) is 75.5 Å². The van der Waals surface area contributed by atoms with Gasteiger partial charge in [-0.15, -0.1) is 0 Å². The first-order valence-electron chi connectivity index (χ1n) is 12.0. The number of imidazole rings is 1. The van der Waals surface area contributed by atoms with Gasteiger partial charge in [0, 0.05) is 44.2 Å². The summed E-state index contributed by atoms with van der Waals surface area (Å²) in [5, 5.41) is 3.21. The summed E-state index contributed by atoms with van der Waals surface area (Å²) in [6, 6.07) is 15.4. The fraction of sp³-hybridized carbons (Fsp3) is 0.296. The van der Waals surface area contributed by atoms with Gasteiger partial charge in [0.05, 0.1) is 11.0 Å². The average molecular weight is 489 g/mol. The second kappa shape index (κ2) is 9.94. The molecular formula is C27H29FN6O2. The van der Waals surface area contributed by atoms with E-state index in [4.69, 9.17) is 4.74 Å². The molecule has 5 rings (SSSR count). The molecule has 0 spiro atoms. The first-order chi connectivity index (χ1) is 17.4. The zero-order chi connectivity index (χ0) is 25.2. The van der Waals surface area contributed by atoms with Gasteiger partial charge in [0.2, 0.25) is 5.95 Å². The van der Waals surface area contributed by atoms with E-state index in [1.165, 1.54) is 12.1 Å². The summed E-state index contributed by atoms with van der Waals surface area (Å²) in [4.78, 5) is 26.1. The van der Waals surface area contributed by atoms with E-state index in [1.54, 1.807) is 35.4 Å². The maximum atomic E-state index is 13.2. The van der Waals surface area contributed by atoms with Gasteiger partial charge in [-0.3, -0.25) is 9.78 Å². The number of likely N-dealkylation sites (tertiary alicyclic amines) is 1. The molecule has 0 aliphatic carbocycles. The number of anilines is 2. The number of pyridine rings is 1. The minimum absolute atomic E-state index is 0.105. The van der Waals surface area contributed by atoms with Crippen molar-refractivity contribution in [1.29, 1.82) is 0 Å². The van der Waals surface area contributed by atoms with E-state index < -0.39 is 0 Å². The van der Waals surface area contributed by atoms with Crippen LogP contribution in [0.1, 0.15) is 23.3 Å². The molecule has 1 saturated heterocycles. The Balaban J connectivity index is 1.31. The number of nitrogens with one attached hydrogen (secondary N) is 1. The number of benzene rings is 2. The number of carbonyl (C=O) groups is 1. The molecule has 1 aliphatic rings. The minimum Gasteiger partial charge on any atom is -0.457 e. The van der Waals surface area contributed by atoms with Crippen molar-refractivity contribution < 1.29 is 13.9 Å². The van der Waals surface area contributed by atoms with E-state index in [-0.39, 0.29) is 17.8 Å². The number of nitrogens with zero attached hydrogens (tertiary/aromatic N) is 5. The summed E-state index contributed by atoms with van der Waals surface area (Å²) in [5.74, 6) is 1.36. The highest BCUT2D eigenvalue weighted by Crippen LogP contribution is 2.28. The van der Waals surface area contributed by atoms with Crippen molar-refractivity contribution in [2.24, 2.45) is 7.05 Å². The molecule has 0 saturated carbocycles. The Morgan fingerprint density at radius 3 is 2.53 bits per heavy atom. The van der Waals surface area contributed by atoms with E-state index >= 15 is 0 Å². The van der Waals surface area contributed by atoms with Crippen molar-refractivity contribution in [3.05, 3.63) is 72.3 Å². The number of hydrogen-bond acceptors (Lipinski definition) is 6. The van der Waals surface area contributed by atoms with Crippen molar-refractivity contribution >= 4 is 28.6 Å². The van der Waals surface area contributed by atoms with Crippen molar-refractivity contribution in [3.63, 3.8) is 0 Å². The van der Waals surface area contributed by atoms with Crippen LogP contribution in [0.15, 0.2) is 60.8 Å². The van der Waals surface area contributed by atoms with Crippen LogP contribution in [0.4, 0.5) is 16.0 Å². The van der Waals surface area contributed by atoms with E-state index in [0.717, 1.165) is 42.7 Å². The van der Waals surface area contributed by atoms with Crippen molar-refractivity contribution in [3.8, 4) is 11.5 Å². The van der Waals surface area contributed by atoms with Gasteiger partial charge in [-0.05, 0) is 75.4 Å². The van der Waals surface area contributed by atoms with Crippen LogP contribution < -0.4 is 10.1 Å². The van der Waals surface area contributed by atoms with Crippen LogP contribution >= 0.6 is 0 Å². The second-order valence-electron chi connectivity index (χ2n) is 9.21. The van der Waals surface area contributed by atoms with Gasteiger partial charge < -0.3 is 24.4 Å². The molecule has 1 N–H and O–H groups in total. The summed E-state index contributed by atoms with van der Waals surface area (Å²) < 4.78 is 21.2. The lowest BCUT2D eigenvalue weighted by atomic mass is 10.0. The first kappa shape index (κ1) is 23.7. The Kier molecular flexibility index (Phi) is 6.56. The number of aromatic nitrogens is 3. The molecule has 2 aromatic heterocycles. The maximum Gasteiger partial charge on any atom is 0.272 e. The SMILES string of the molecule is CN1CCC(N(C)C(=O)c2cc(Oc3ccc4c(c3)nc(Nc3ccc(F)cc3)n4C)ccn2)CC1. The molecule has 3 heterocycles. The third-order valence-corrected chi connectivity index (χ3v) is 6.70. The summed E-state index contributed by atoms with van der Waals surface area (Å²) >= 11 is 0. The number of aryl methyl sites for hydroxylation is 1. The lowest BCUT2D eigenvalue weighted by Gasteiger charge is -2.34. The lowest BCUT2D eigenvalue weighted by molar-refractivity contribution is 0.0653. The Morgan fingerprint density at radius 1 is 1.06 bits per heavy atom. The number of amides is 1. The monoisotopic (exact) mass is 488 g/mol. The maximum absolute atomic E-state index is 13.2. The van der Waals surface area contributed by atoms with Gasteiger partial charge in [-0.2, -0.15) is 0 Å². The standard InChI is InChI=1S/C27H29FN6O2/c1-32-14-11-20(12-15-32)33(2)26(35)24-17-22(10-13-29-24)36-21-8-9-25-23(16-21)31-27(34(25)3)30-19-6-4-18(28)5-7-19/h4-10,13,16-17,20H,11-12,14-15H2,1-3H3,(H,30,31). The van der Waals surface area contributed by atoms with Crippen LogP contribution in [-0.2, 0) is 7.05 Å². The first-order valence-corrected chi connectivity index (χ1v) is 12.0. The molecule has 0 unspecified atom stereocenters. The molecule has 8 nitrogen and oxygen atoms in total. The second-order valence-corrected chi connectivity index (χ2v) is 9.21. The molecule has 0 radical (unpaired) electrons. The number of carbonyl (C=O) groups excluding carboxylic acids is 1. The normalized spacial score (nSPS) is 14.7. The quantitative estimate of drug-likeness (QED) is 0.420. The summed E-state index contributed by atoms with van der Waals surface area (Å²) in [7, 11) is 5.86. The molecule has 36 heavy (non-hydrogen) atoms. The third kappa shape index (κ3) is 5.01. The predicted molar refractivity (Wildman–Crippen MR) is 137 cm³/mol. The van der Waals surface area contributed by atoms with Crippen molar-refractivity contribution in [2.45, 2.75) is 18.9 Å². The Morgan fingerprint density at radius 2 is 1.78 bits per heavy atom. The Bertz CT molecular complexity index is 1380. The summed E-state index contributed by atoms with van der Waals surface area (Å²) in [6.07, 6.45) is 3.50. The highest BCUT2D eigenvalue weighted by Gasteiger charge is 2.25. The minimum atomic E-state index is -0.290. The Labute approximate surface area is 209 Å². The molecule has 1 amide bonds. The lowest BCUT2D eigenvalue weighted by Crippen LogP contribution is -2.44. The molecule has 4 aromatic rings. The number of hydrogen-bond donors (Lipinski definition) is 1. The van der Waals surface area contributed by atoms with Gasteiger partial charge in [-0.1, -0.05) is 0 Å². The number of rotatable bonds is 6. The van der Waals surface area contributed by atoms with Gasteiger partial charge in [-0.25, -0.2) is 9.37 Å². The average Bonchev–Trinajstić information content (AvgIpc) is 3.19. The van der Waals surface area contributed by atoms with Crippen LogP contribution in [0, 0.1) is 5.82 Å². The number of ether oxygens (including phenoxy) is 1. The van der Waals surface area contributed by atoms with Crippen LogP contribution in [0.3, 0.4) is 0 Å². The highest BCUT2D eigenvalue weighted by atomic mass is 19.1. The predicted octanol–water partition coefficient (Wildman–Crippen LogP) is 4.81. The molecule has 2 aromatic carbocycles. The largest absolute Gasteiger partial charge is 0.457 e. The molecule has 0 bridgehead atoms. The van der Waals surface area contributed by atoms with E-state index in [1.807, 2.05) is 36.9 Å². The summed E-state index contributed by atoms with van der Waals surface area (Å²) in [6.45, 7) is 1.96. The third-order valence-electron chi connectivity index (χ3n) is 6.70. The van der Waals surface area contributed by atoms with Crippen LogP contribution in [-0.4, -0.2) is 63.5 Å². The number of fused-ring (bicyclic) bond motifs is 1. The van der Waals surface area contributed by atoms with E-state index in [0.29, 0.717) is 23.1 Å². The van der Waals surface area contributed by atoms with Gasteiger partial charge in [0.1, 0.15) is 23.0 Å². The highest BCUT2D eigenvalue weighted by molar-refractivity contribution is 5.92. The fourth-order valence-electron chi connectivity index (χ4n) is 4.47.